The first kappa shape index (κ1) is 27.3. The Balaban J connectivity index is 1.83. The molecule has 0 amide bonds. The zero-order valence-corrected chi connectivity index (χ0v) is 20.8. The number of methoxy groups -OCH3 is 1. The van der Waals surface area contributed by atoms with Crippen LogP contribution in [0.25, 0.3) is 0 Å². The van der Waals surface area contributed by atoms with E-state index in [2.05, 4.69) is 0 Å². The summed E-state index contributed by atoms with van der Waals surface area (Å²) in [6, 6.07) is 5.93. The van der Waals surface area contributed by atoms with Crippen LogP contribution in [-0.2, 0) is 51.4 Å². The Morgan fingerprint density at radius 1 is 1.29 bits per heavy atom. The Hall–Kier alpha value is -2.34. The first-order chi connectivity index (χ1) is 16.5. The van der Waals surface area contributed by atoms with Gasteiger partial charge in [-0.2, -0.15) is 0 Å². The van der Waals surface area contributed by atoms with Crippen molar-refractivity contribution in [2.45, 2.75) is 51.5 Å². The third-order valence-electron chi connectivity index (χ3n) is 5.32. The fraction of sp³-hybridized carbons (Fsp3) is 0.476. The van der Waals surface area contributed by atoms with Gasteiger partial charge < -0.3 is 9.47 Å². The molecule has 0 aliphatic carbocycles. The van der Waals surface area contributed by atoms with Crippen molar-refractivity contribution >= 4 is 25.4 Å². The molecular formula is C21H25ClFN2O9P. The second kappa shape index (κ2) is 11.2. The van der Waals surface area contributed by atoms with Crippen molar-refractivity contribution in [2.75, 3.05) is 13.7 Å². The molecule has 4 atom stereocenters. The molecule has 2 heterocycles. The average molecular weight is 535 g/mol. The Bertz CT molecular complexity index is 1230. The van der Waals surface area contributed by atoms with E-state index >= 15 is 4.39 Å². The number of hydrogen-bond acceptors (Lipinski definition) is 9. The van der Waals surface area contributed by atoms with Gasteiger partial charge in [0.05, 0.1) is 19.8 Å². The number of phosphoric ester groups is 1. The molecule has 2 aromatic rings. The molecular weight excluding hydrogens is 510 g/mol. The molecule has 1 N–H and O–H groups in total. The molecule has 192 valence electrons. The number of ether oxygens (including phenoxy) is 2. The molecule has 0 bridgehead atoms. The lowest BCUT2D eigenvalue weighted by molar-refractivity contribution is -0.186. The Labute approximate surface area is 204 Å². The third kappa shape index (κ3) is 6.46. The van der Waals surface area contributed by atoms with E-state index < -0.39 is 49.6 Å². The topological polar surface area (TPSA) is 135 Å². The Morgan fingerprint density at radius 3 is 2.60 bits per heavy atom. The average Bonchev–Trinajstić information content (AvgIpc) is 2.97. The summed E-state index contributed by atoms with van der Waals surface area (Å²) in [7, 11) is -2.96. The first-order valence-corrected chi connectivity index (χ1v) is 12.4. The standard InChI is InChI=1S/C21H25ClFN2O9P/c1-4-18(27)34-19(21(2,23)25-8-7-17(26)24-20(25)28)16(30-3)12-33-35(29)31-10-13-5-6-15(22)9-14(13)11-32-35/h5-9,16,19H,4,10-12H2,1-3H3,(H,24,26,28)/t16-,19-,21+,35?/m1/s1. The number of aromatic amines is 1. The van der Waals surface area contributed by atoms with Gasteiger partial charge in [0.25, 0.3) is 5.56 Å². The summed E-state index contributed by atoms with van der Waals surface area (Å²) in [5.41, 5.74) is -0.456. The molecule has 1 aliphatic heterocycles. The van der Waals surface area contributed by atoms with Gasteiger partial charge in [-0.25, -0.2) is 13.8 Å². The molecule has 35 heavy (non-hydrogen) atoms. The second-order valence-electron chi connectivity index (χ2n) is 7.75. The zero-order chi connectivity index (χ0) is 25.8. The summed E-state index contributed by atoms with van der Waals surface area (Å²) in [4.78, 5) is 37.7. The fourth-order valence-corrected chi connectivity index (χ4v) is 4.71. The van der Waals surface area contributed by atoms with E-state index in [-0.39, 0.29) is 19.6 Å². The predicted molar refractivity (Wildman–Crippen MR) is 122 cm³/mol. The summed E-state index contributed by atoms with van der Waals surface area (Å²) < 4.78 is 56.3. The number of H-pyrrole nitrogens is 1. The summed E-state index contributed by atoms with van der Waals surface area (Å²) in [6.07, 6.45) is -2.30. The highest BCUT2D eigenvalue weighted by Gasteiger charge is 2.46. The molecule has 3 rings (SSSR count). The van der Waals surface area contributed by atoms with Gasteiger partial charge in [-0.15, -0.1) is 0 Å². The van der Waals surface area contributed by atoms with Gasteiger partial charge in [-0.1, -0.05) is 24.6 Å². The molecule has 0 saturated heterocycles. The number of esters is 1. The number of carbonyl (C=O) groups excluding carboxylic acids is 1. The van der Waals surface area contributed by atoms with E-state index in [0.29, 0.717) is 20.7 Å². The van der Waals surface area contributed by atoms with E-state index in [0.717, 1.165) is 19.2 Å². The van der Waals surface area contributed by atoms with E-state index in [9.17, 15) is 18.9 Å². The van der Waals surface area contributed by atoms with Crippen LogP contribution in [0.1, 0.15) is 31.4 Å². The lowest BCUT2D eigenvalue weighted by atomic mass is 10.0. The summed E-state index contributed by atoms with van der Waals surface area (Å²) in [5.74, 6) is -3.50. The van der Waals surface area contributed by atoms with Crippen LogP contribution < -0.4 is 11.2 Å². The van der Waals surface area contributed by atoms with Crippen LogP contribution in [0.2, 0.25) is 5.02 Å². The van der Waals surface area contributed by atoms with Gasteiger partial charge in [0.15, 0.2) is 6.10 Å². The van der Waals surface area contributed by atoms with Crippen LogP contribution in [0.3, 0.4) is 0 Å². The minimum atomic E-state index is -4.14. The zero-order valence-electron chi connectivity index (χ0n) is 19.2. The van der Waals surface area contributed by atoms with Crippen LogP contribution in [0.15, 0.2) is 40.1 Å². The molecule has 1 aliphatic rings. The number of benzene rings is 1. The number of phosphoric acid groups is 1. The van der Waals surface area contributed by atoms with Gasteiger partial charge in [0.2, 0.25) is 5.79 Å². The number of nitrogens with zero attached hydrogens (tertiary/aromatic N) is 1. The summed E-state index contributed by atoms with van der Waals surface area (Å²) >= 11 is 5.99. The van der Waals surface area contributed by atoms with Crippen molar-refractivity contribution < 1.29 is 36.8 Å². The second-order valence-corrected chi connectivity index (χ2v) is 9.85. The number of rotatable bonds is 9. The fourth-order valence-electron chi connectivity index (χ4n) is 3.37. The van der Waals surface area contributed by atoms with Crippen LogP contribution in [0.5, 0.6) is 0 Å². The number of alkyl halides is 1. The van der Waals surface area contributed by atoms with Gasteiger partial charge >= 0.3 is 19.5 Å². The Morgan fingerprint density at radius 2 is 1.97 bits per heavy atom. The smallest absolute Gasteiger partial charge is 0.454 e. The predicted octanol–water partition coefficient (Wildman–Crippen LogP) is 3.04. The van der Waals surface area contributed by atoms with Gasteiger partial charge in [0.1, 0.15) is 6.10 Å². The molecule has 0 radical (unpaired) electrons. The highest BCUT2D eigenvalue weighted by Crippen LogP contribution is 2.53. The molecule has 1 unspecified atom stereocenters. The maximum Gasteiger partial charge on any atom is 0.475 e. The molecule has 1 aromatic carbocycles. The lowest BCUT2D eigenvalue weighted by Gasteiger charge is -2.35. The molecule has 0 spiro atoms. The van der Waals surface area contributed by atoms with Crippen molar-refractivity contribution in [3.63, 3.8) is 0 Å². The number of nitrogens with one attached hydrogen (secondary N) is 1. The number of carbonyl (C=O) groups is 1. The first-order valence-electron chi connectivity index (χ1n) is 10.5. The number of aromatic nitrogens is 2. The highest BCUT2D eigenvalue weighted by molar-refractivity contribution is 7.48. The number of halogens is 2. The van der Waals surface area contributed by atoms with Crippen LogP contribution in [0, 0.1) is 0 Å². The normalized spacial score (nSPS) is 21.3. The van der Waals surface area contributed by atoms with E-state index in [4.69, 9.17) is 34.6 Å². The maximum atomic E-state index is 16.0. The molecule has 14 heteroatoms. The monoisotopic (exact) mass is 534 g/mol. The minimum Gasteiger partial charge on any atom is -0.454 e. The SMILES string of the molecule is CCC(=O)O[C@H]([C@@H](COP1(=O)OCc2ccc(Cl)cc2CO1)OC)[C@@](C)(F)n1ccc(=O)[nH]c1=O. The maximum absolute atomic E-state index is 16.0. The molecule has 0 saturated carbocycles. The van der Waals surface area contributed by atoms with Crippen LogP contribution in [0.4, 0.5) is 4.39 Å². The van der Waals surface area contributed by atoms with Crippen LogP contribution in [-0.4, -0.2) is 41.4 Å². The van der Waals surface area contributed by atoms with E-state index in [1.807, 2.05) is 4.98 Å². The highest BCUT2D eigenvalue weighted by atomic mass is 35.5. The van der Waals surface area contributed by atoms with E-state index in [1.54, 1.807) is 18.2 Å². The minimum absolute atomic E-state index is 0.0940. The molecule has 1 aromatic heterocycles. The van der Waals surface area contributed by atoms with Crippen molar-refractivity contribution in [3.05, 3.63) is 67.4 Å². The Kier molecular flexibility index (Phi) is 8.68. The third-order valence-corrected chi connectivity index (χ3v) is 6.91. The van der Waals surface area contributed by atoms with Crippen molar-refractivity contribution in [1.29, 1.82) is 0 Å². The lowest BCUT2D eigenvalue weighted by Crippen LogP contribution is -2.54. The van der Waals surface area contributed by atoms with Crippen LogP contribution >= 0.6 is 19.4 Å². The molecule has 0 fully saturated rings. The number of hydrogen-bond donors (Lipinski definition) is 1. The van der Waals surface area contributed by atoms with Crippen molar-refractivity contribution in [2.24, 2.45) is 0 Å². The van der Waals surface area contributed by atoms with Crippen molar-refractivity contribution in [3.8, 4) is 0 Å². The van der Waals surface area contributed by atoms with E-state index in [1.165, 1.54) is 14.0 Å². The van der Waals surface area contributed by atoms with Gasteiger partial charge in [0, 0.05) is 30.8 Å². The number of fused-ring (bicyclic) bond motifs is 1. The summed E-state index contributed by atoms with van der Waals surface area (Å²) in [5, 5.41) is 0.463. The van der Waals surface area contributed by atoms with Crippen molar-refractivity contribution in [1.82, 2.24) is 9.55 Å². The quantitative estimate of drug-likeness (QED) is 0.380. The molecule has 11 nitrogen and oxygen atoms in total. The largest absolute Gasteiger partial charge is 0.475 e. The summed E-state index contributed by atoms with van der Waals surface area (Å²) in [6.45, 7) is 1.66. The van der Waals surface area contributed by atoms with Gasteiger partial charge in [-0.05, 0) is 30.2 Å². The van der Waals surface area contributed by atoms with Gasteiger partial charge in [-0.3, -0.25) is 32.7 Å².